The molecule has 20 heavy (non-hydrogen) atoms. The first-order valence-electron chi connectivity index (χ1n) is 4.62. The molecular weight excluding hydrogens is 305 g/mol. The van der Waals surface area contributed by atoms with E-state index in [0.29, 0.717) is 6.08 Å². The first-order valence-corrected chi connectivity index (χ1v) is 4.62. The molecule has 0 amide bonds. The van der Waals surface area contributed by atoms with Crippen LogP contribution in [0, 0.1) is 0 Å². The molecule has 0 atom stereocenters. The van der Waals surface area contributed by atoms with Gasteiger partial charge in [0.05, 0.1) is 0 Å². The van der Waals surface area contributed by atoms with Gasteiger partial charge in [-0.2, -0.15) is 30.7 Å². The summed E-state index contributed by atoms with van der Waals surface area (Å²) >= 11 is 0. The maximum absolute atomic E-state index is 12.7. The minimum Gasteiger partial charge on any atom is -0.456 e. The molecule has 0 spiro atoms. The van der Waals surface area contributed by atoms with Crippen LogP contribution >= 0.6 is 0 Å². The third-order valence-corrected chi connectivity index (χ3v) is 1.73. The van der Waals surface area contributed by atoms with Crippen molar-refractivity contribution >= 4 is 11.9 Å². The van der Waals surface area contributed by atoms with E-state index in [4.69, 9.17) is 0 Å². The van der Waals surface area contributed by atoms with Gasteiger partial charge in [0.1, 0.15) is 0 Å². The minimum atomic E-state index is -6.52. The Labute approximate surface area is 107 Å². The van der Waals surface area contributed by atoms with Crippen molar-refractivity contribution in [1.29, 1.82) is 0 Å². The third-order valence-electron chi connectivity index (χ3n) is 1.73. The van der Waals surface area contributed by atoms with Crippen LogP contribution in [0.25, 0.3) is 0 Å². The van der Waals surface area contributed by atoms with E-state index in [1.54, 1.807) is 0 Å². The van der Waals surface area contributed by atoms with Gasteiger partial charge in [0, 0.05) is 6.08 Å². The molecule has 0 N–H and O–H groups in total. The number of carbonyl (C=O) groups is 2. The van der Waals surface area contributed by atoms with Crippen molar-refractivity contribution in [1.82, 2.24) is 0 Å². The maximum Gasteiger partial charge on any atom is 0.460 e. The maximum atomic E-state index is 12.7. The second kappa shape index (κ2) is 6.09. The quantitative estimate of drug-likeness (QED) is 0.428. The summed E-state index contributed by atoms with van der Waals surface area (Å²) in [7, 11) is 0. The molecule has 0 rings (SSSR count). The fourth-order valence-electron chi connectivity index (χ4n) is 0.700. The molecule has 0 bridgehead atoms. The number of rotatable bonds is 6. The SMILES string of the molecule is C=CC(=O)OCC(=O)OCC(F)(F)C(F)(F)C(F)(F)F. The molecule has 116 valence electrons. The highest BCUT2D eigenvalue weighted by molar-refractivity contribution is 5.83. The lowest BCUT2D eigenvalue weighted by Gasteiger charge is -2.27. The molecule has 0 fully saturated rings. The van der Waals surface area contributed by atoms with E-state index in [0.717, 1.165) is 0 Å². The summed E-state index contributed by atoms with van der Waals surface area (Å²) in [5.74, 6) is -14.9. The Morgan fingerprint density at radius 2 is 1.50 bits per heavy atom. The highest BCUT2D eigenvalue weighted by atomic mass is 19.4. The molecule has 0 saturated carbocycles. The molecule has 0 aliphatic carbocycles. The number of alkyl halides is 7. The summed E-state index contributed by atoms with van der Waals surface area (Å²) < 4.78 is 92.6. The van der Waals surface area contributed by atoms with Gasteiger partial charge in [-0.1, -0.05) is 6.58 Å². The van der Waals surface area contributed by atoms with Crippen molar-refractivity contribution in [2.45, 2.75) is 18.0 Å². The predicted octanol–water partition coefficient (Wildman–Crippen LogP) is 2.09. The summed E-state index contributed by atoms with van der Waals surface area (Å²) in [6.07, 6.45) is -5.92. The van der Waals surface area contributed by atoms with Crippen LogP contribution in [-0.4, -0.2) is 43.2 Å². The van der Waals surface area contributed by atoms with Crippen LogP contribution in [0.3, 0.4) is 0 Å². The number of esters is 2. The van der Waals surface area contributed by atoms with Crippen LogP contribution in [0.5, 0.6) is 0 Å². The summed E-state index contributed by atoms with van der Waals surface area (Å²) in [5, 5.41) is 0. The molecule has 0 aromatic heterocycles. The van der Waals surface area contributed by atoms with Gasteiger partial charge in [0.15, 0.2) is 13.2 Å². The van der Waals surface area contributed by atoms with Crippen molar-refractivity contribution in [3.8, 4) is 0 Å². The van der Waals surface area contributed by atoms with Crippen LogP contribution in [0.1, 0.15) is 0 Å². The Morgan fingerprint density at radius 3 is 1.90 bits per heavy atom. The lowest BCUT2D eigenvalue weighted by Crippen LogP contribution is -2.54. The van der Waals surface area contributed by atoms with Gasteiger partial charge >= 0.3 is 30.0 Å². The molecule has 0 unspecified atom stereocenters. The zero-order valence-corrected chi connectivity index (χ0v) is 9.48. The summed E-state index contributed by atoms with van der Waals surface area (Å²) in [4.78, 5) is 21.1. The standard InChI is InChI=1S/C9H7F7O4/c1-2-5(17)19-3-6(18)20-4-7(10,11)8(12,13)9(14,15)16/h2H,1,3-4H2. The van der Waals surface area contributed by atoms with Crippen LogP contribution in [0.4, 0.5) is 30.7 Å². The van der Waals surface area contributed by atoms with Gasteiger partial charge in [-0.15, -0.1) is 0 Å². The number of halogens is 7. The smallest absolute Gasteiger partial charge is 0.456 e. The fraction of sp³-hybridized carbons (Fsp3) is 0.556. The summed E-state index contributed by atoms with van der Waals surface area (Å²) in [6.45, 7) is -0.849. The van der Waals surface area contributed by atoms with Crippen molar-refractivity contribution < 1.29 is 49.8 Å². The molecule has 0 heterocycles. The van der Waals surface area contributed by atoms with Crippen LogP contribution in [-0.2, 0) is 19.1 Å². The monoisotopic (exact) mass is 312 g/mol. The zero-order valence-electron chi connectivity index (χ0n) is 9.48. The van der Waals surface area contributed by atoms with Crippen LogP contribution < -0.4 is 0 Å². The van der Waals surface area contributed by atoms with E-state index in [-0.39, 0.29) is 0 Å². The van der Waals surface area contributed by atoms with E-state index in [1.807, 2.05) is 0 Å². The van der Waals surface area contributed by atoms with Gasteiger partial charge in [-0.05, 0) is 0 Å². The Bertz CT molecular complexity index is 388. The van der Waals surface area contributed by atoms with E-state index in [1.165, 1.54) is 0 Å². The lowest BCUT2D eigenvalue weighted by atomic mass is 10.2. The molecule has 0 aliphatic rings. The molecule has 0 aliphatic heterocycles. The van der Waals surface area contributed by atoms with Crippen LogP contribution in [0.15, 0.2) is 12.7 Å². The molecule has 0 aromatic carbocycles. The summed E-state index contributed by atoms with van der Waals surface area (Å²) in [6, 6.07) is 0. The van der Waals surface area contributed by atoms with Gasteiger partial charge in [-0.3, -0.25) is 0 Å². The fourth-order valence-corrected chi connectivity index (χ4v) is 0.700. The number of ether oxygens (including phenoxy) is 2. The third kappa shape index (κ3) is 4.38. The van der Waals surface area contributed by atoms with Crippen molar-refractivity contribution in [3.05, 3.63) is 12.7 Å². The molecule has 4 nitrogen and oxygen atoms in total. The van der Waals surface area contributed by atoms with Crippen LogP contribution in [0.2, 0.25) is 0 Å². The van der Waals surface area contributed by atoms with Gasteiger partial charge < -0.3 is 9.47 Å². The number of hydrogen-bond acceptors (Lipinski definition) is 4. The first-order chi connectivity index (χ1) is 8.85. The van der Waals surface area contributed by atoms with E-state index in [2.05, 4.69) is 16.1 Å². The van der Waals surface area contributed by atoms with Crippen molar-refractivity contribution in [3.63, 3.8) is 0 Å². The number of carbonyl (C=O) groups excluding carboxylic acids is 2. The van der Waals surface area contributed by atoms with Gasteiger partial charge in [0.25, 0.3) is 0 Å². The number of hydrogen-bond donors (Lipinski definition) is 0. The minimum absolute atomic E-state index is 0.597. The molecule has 11 heteroatoms. The second-order valence-corrected chi connectivity index (χ2v) is 3.25. The highest BCUT2D eigenvalue weighted by Crippen LogP contribution is 2.46. The Hall–Kier alpha value is -1.81. The van der Waals surface area contributed by atoms with Gasteiger partial charge in [0.2, 0.25) is 0 Å². The van der Waals surface area contributed by atoms with Gasteiger partial charge in [-0.25, -0.2) is 9.59 Å². The molecule has 0 aromatic rings. The Balaban J connectivity index is 4.53. The topological polar surface area (TPSA) is 52.6 Å². The second-order valence-electron chi connectivity index (χ2n) is 3.25. The highest BCUT2D eigenvalue weighted by Gasteiger charge is 2.73. The lowest BCUT2D eigenvalue weighted by molar-refractivity contribution is -0.359. The predicted molar refractivity (Wildman–Crippen MR) is 48.1 cm³/mol. The van der Waals surface area contributed by atoms with E-state index >= 15 is 0 Å². The zero-order chi connectivity index (χ0) is 16.2. The average Bonchev–Trinajstić information content (AvgIpc) is 2.31. The Kier molecular flexibility index (Phi) is 5.54. The molecule has 0 radical (unpaired) electrons. The first kappa shape index (κ1) is 18.2. The Morgan fingerprint density at radius 1 is 1.00 bits per heavy atom. The van der Waals surface area contributed by atoms with Crippen molar-refractivity contribution in [2.75, 3.05) is 13.2 Å². The molecular formula is C9H7F7O4. The molecule has 0 saturated heterocycles. The normalized spacial score (nSPS) is 12.8. The van der Waals surface area contributed by atoms with E-state index < -0.39 is 43.2 Å². The summed E-state index contributed by atoms with van der Waals surface area (Å²) in [5.41, 5.74) is 0. The average molecular weight is 312 g/mol. The van der Waals surface area contributed by atoms with Crippen molar-refractivity contribution in [2.24, 2.45) is 0 Å². The largest absolute Gasteiger partial charge is 0.460 e. The van der Waals surface area contributed by atoms with E-state index in [9.17, 15) is 40.3 Å².